The highest BCUT2D eigenvalue weighted by Gasteiger charge is 2.31. The molecule has 3 nitrogen and oxygen atoms in total. The molecular weight excluding hydrogens is 216 g/mol. The van der Waals surface area contributed by atoms with Crippen LogP contribution in [0.4, 0.5) is 0 Å². The van der Waals surface area contributed by atoms with E-state index in [9.17, 15) is 5.26 Å². The summed E-state index contributed by atoms with van der Waals surface area (Å²) in [6.07, 6.45) is 2.45. The molecule has 17 heavy (non-hydrogen) atoms. The van der Waals surface area contributed by atoms with E-state index >= 15 is 0 Å². The van der Waals surface area contributed by atoms with Gasteiger partial charge < -0.3 is 9.99 Å². The third-order valence-electron chi connectivity index (χ3n) is 2.81. The molecule has 0 aliphatic carbocycles. The first-order valence-corrected chi connectivity index (χ1v) is 6.44. The normalized spacial score (nSPS) is 15.8. The summed E-state index contributed by atoms with van der Waals surface area (Å²) in [5, 5.41) is 10.7. The largest absolute Gasteiger partial charge is 0.588 e. The Kier molecular flexibility index (Phi) is 6.00. The van der Waals surface area contributed by atoms with Crippen LogP contribution in [0.25, 0.3) is 0 Å². The SMILES string of the molecule is CCC(C)(C)OC(CC(C)CC(C)(C)C)=[O+][O-]. The Balaban J connectivity index is 4.34. The summed E-state index contributed by atoms with van der Waals surface area (Å²) < 4.78 is 9.72. The standard InChI is InChI=1S/C14H28O3/c1-8-14(6,7)16-12(17-15)9-11(2)10-13(3,4)5/h11H,8-10H2,1-7H3. The van der Waals surface area contributed by atoms with E-state index < -0.39 is 0 Å². The number of ether oxygens (including phenoxy) is 1. The van der Waals surface area contributed by atoms with Gasteiger partial charge in [-0.3, -0.25) is 4.58 Å². The number of esters is 1. The molecule has 0 bridgehead atoms. The van der Waals surface area contributed by atoms with Crippen LogP contribution in [0.3, 0.4) is 0 Å². The van der Waals surface area contributed by atoms with Gasteiger partial charge >= 0.3 is 5.97 Å². The Bertz CT molecular complexity index is 249. The first kappa shape index (κ1) is 16.3. The molecule has 0 rings (SSSR count). The lowest BCUT2D eigenvalue weighted by molar-refractivity contribution is -1.05. The number of carbonyl (C=O) groups excluding carboxylic acids is 1. The van der Waals surface area contributed by atoms with Crippen LogP contribution in [0, 0.1) is 11.3 Å². The second kappa shape index (κ2) is 6.27. The van der Waals surface area contributed by atoms with Crippen LogP contribution < -0.4 is 5.26 Å². The summed E-state index contributed by atoms with van der Waals surface area (Å²) in [5.74, 6) is 0.597. The fourth-order valence-electron chi connectivity index (χ4n) is 1.88. The maximum absolute atomic E-state index is 10.7. The average molecular weight is 244 g/mol. The summed E-state index contributed by atoms with van der Waals surface area (Å²) in [7, 11) is 0. The Hall–Kier alpha value is -0.730. The molecule has 0 heterocycles. The van der Waals surface area contributed by atoms with Crippen molar-refractivity contribution in [1.29, 1.82) is 0 Å². The Labute approximate surface area is 106 Å². The van der Waals surface area contributed by atoms with Gasteiger partial charge in [0, 0.05) is 20.3 Å². The fourth-order valence-corrected chi connectivity index (χ4v) is 1.88. The van der Waals surface area contributed by atoms with Crippen molar-refractivity contribution in [2.75, 3.05) is 0 Å². The van der Waals surface area contributed by atoms with Gasteiger partial charge in [0.2, 0.25) is 0 Å². The monoisotopic (exact) mass is 244 g/mol. The highest BCUT2D eigenvalue weighted by molar-refractivity contribution is 5.70. The molecule has 0 amide bonds. The molecule has 0 saturated heterocycles. The first-order valence-electron chi connectivity index (χ1n) is 6.44. The zero-order chi connectivity index (χ0) is 13.7. The Morgan fingerprint density at radius 1 is 1.24 bits per heavy atom. The van der Waals surface area contributed by atoms with E-state index in [4.69, 9.17) is 4.74 Å². The van der Waals surface area contributed by atoms with Gasteiger partial charge in [-0.1, -0.05) is 34.6 Å². The predicted octanol–water partition coefficient (Wildman–Crippen LogP) is 2.99. The molecule has 3 heteroatoms. The van der Waals surface area contributed by atoms with Gasteiger partial charge in [0.25, 0.3) is 0 Å². The van der Waals surface area contributed by atoms with Crippen LogP contribution in [-0.4, -0.2) is 11.6 Å². The van der Waals surface area contributed by atoms with Crippen LogP contribution >= 0.6 is 0 Å². The molecule has 0 radical (unpaired) electrons. The van der Waals surface area contributed by atoms with Crippen molar-refractivity contribution in [2.24, 2.45) is 11.3 Å². The third-order valence-corrected chi connectivity index (χ3v) is 2.81. The summed E-state index contributed by atoms with van der Waals surface area (Å²) >= 11 is 0. The van der Waals surface area contributed by atoms with E-state index in [1.807, 2.05) is 20.8 Å². The predicted molar refractivity (Wildman–Crippen MR) is 68.3 cm³/mol. The molecule has 0 N–H and O–H groups in total. The second-order valence-electron chi connectivity index (χ2n) is 6.74. The van der Waals surface area contributed by atoms with Crippen LogP contribution in [0.15, 0.2) is 0 Å². The molecule has 0 aromatic carbocycles. The van der Waals surface area contributed by atoms with Crippen molar-refractivity contribution in [1.82, 2.24) is 0 Å². The molecule has 0 aromatic rings. The topological polar surface area (TPSA) is 43.6 Å². The van der Waals surface area contributed by atoms with Crippen LogP contribution in [0.2, 0.25) is 0 Å². The molecule has 0 aliphatic heterocycles. The Morgan fingerprint density at radius 3 is 2.12 bits per heavy atom. The summed E-state index contributed by atoms with van der Waals surface area (Å²) in [6.45, 7) is 14.6. The number of rotatable bonds is 5. The van der Waals surface area contributed by atoms with Crippen molar-refractivity contribution in [3.63, 3.8) is 0 Å². The first-order chi connectivity index (χ1) is 7.59. The maximum Gasteiger partial charge on any atom is 0.498 e. The van der Waals surface area contributed by atoms with Crippen molar-refractivity contribution in [3.05, 3.63) is 0 Å². The summed E-state index contributed by atoms with van der Waals surface area (Å²) in [5.41, 5.74) is -0.0745. The zero-order valence-corrected chi connectivity index (χ0v) is 12.4. The number of hydrogen-bond donors (Lipinski definition) is 0. The number of hydrogen-bond acceptors (Lipinski definition) is 2. The zero-order valence-electron chi connectivity index (χ0n) is 12.4. The average Bonchev–Trinajstić information content (AvgIpc) is 2.13. The van der Waals surface area contributed by atoms with Crippen molar-refractivity contribution in [2.45, 2.75) is 73.3 Å². The van der Waals surface area contributed by atoms with E-state index in [0.717, 1.165) is 12.8 Å². The van der Waals surface area contributed by atoms with Gasteiger partial charge in [0.15, 0.2) is 5.60 Å². The van der Waals surface area contributed by atoms with Crippen LogP contribution in [0.5, 0.6) is 0 Å². The van der Waals surface area contributed by atoms with Gasteiger partial charge in [0.1, 0.15) is 6.42 Å². The molecular formula is C14H28O3. The van der Waals surface area contributed by atoms with E-state index in [-0.39, 0.29) is 17.0 Å². The molecule has 0 aromatic heterocycles. The molecule has 0 fully saturated rings. The lowest BCUT2D eigenvalue weighted by Gasteiger charge is -2.22. The molecule has 102 valence electrons. The van der Waals surface area contributed by atoms with Crippen molar-refractivity contribution in [3.8, 4) is 0 Å². The van der Waals surface area contributed by atoms with Crippen LogP contribution in [0.1, 0.15) is 67.7 Å². The fraction of sp³-hybridized carbons (Fsp3) is 0.929. The second-order valence-corrected chi connectivity index (χ2v) is 6.74. The lowest BCUT2D eigenvalue weighted by atomic mass is 9.84. The minimum Gasteiger partial charge on any atom is -0.588 e. The van der Waals surface area contributed by atoms with Crippen LogP contribution in [-0.2, 0) is 9.31 Å². The molecule has 0 aliphatic rings. The van der Waals surface area contributed by atoms with E-state index in [1.54, 1.807) is 0 Å². The van der Waals surface area contributed by atoms with Gasteiger partial charge in [0.05, 0.1) is 0 Å². The minimum absolute atomic E-state index is 0.216. The lowest BCUT2D eigenvalue weighted by Crippen LogP contribution is -2.30. The van der Waals surface area contributed by atoms with Gasteiger partial charge in [-0.05, 0) is 17.8 Å². The molecule has 0 saturated carbocycles. The highest BCUT2D eigenvalue weighted by atomic mass is 17.1. The minimum atomic E-state index is -0.332. The van der Waals surface area contributed by atoms with Gasteiger partial charge in [-0.25, -0.2) is 0 Å². The molecule has 1 unspecified atom stereocenters. The summed E-state index contributed by atoms with van der Waals surface area (Å²) in [6, 6.07) is 0. The summed E-state index contributed by atoms with van der Waals surface area (Å²) in [4.78, 5) is 0. The Morgan fingerprint density at radius 2 is 1.76 bits per heavy atom. The van der Waals surface area contributed by atoms with E-state index in [0.29, 0.717) is 12.3 Å². The third kappa shape index (κ3) is 8.06. The smallest absolute Gasteiger partial charge is 0.498 e. The quantitative estimate of drug-likeness (QED) is 0.323. The molecule has 1 atom stereocenters. The maximum atomic E-state index is 10.7. The van der Waals surface area contributed by atoms with E-state index in [2.05, 4.69) is 32.3 Å². The van der Waals surface area contributed by atoms with E-state index in [1.165, 1.54) is 0 Å². The van der Waals surface area contributed by atoms with Gasteiger partial charge in [-0.15, -0.1) is 0 Å². The molecule has 0 spiro atoms. The van der Waals surface area contributed by atoms with Crippen molar-refractivity contribution >= 4 is 5.97 Å². The van der Waals surface area contributed by atoms with Crippen molar-refractivity contribution < 1.29 is 14.6 Å². The highest BCUT2D eigenvalue weighted by Crippen LogP contribution is 2.27. The van der Waals surface area contributed by atoms with Gasteiger partial charge in [-0.2, -0.15) is 0 Å².